The summed E-state index contributed by atoms with van der Waals surface area (Å²) in [5, 5.41) is 0. The van der Waals surface area contributed by atoms with Crippen molar-refractivity contribution >= 4 is 23.0 Å². The van der Waals surface area contributed by atoms with E-state index in [1.54, 1.807) is 48.5 Å². The summed E-state index contributed by atoms with van der Waals surface area (Å²) in [6.45, 7) is 0. The molecule has 0 spiro atoms. The Hall–Kier alpha value is -3.31. The van der Waals surface area contributed by atoms with E-state index in [1.165, 1.54) is 14.2 Å². The number of benzene rings is 4. The Bertz CT molecular complexity index is 1340. The van der Waals surface area contributed by atoms with Crippen LogP contribution < -0.4 is 18.1 Å². The van der Waals surface area contributed by atoms with Gasteiger partial charge in [-0.25, -0.2) is 0 Å². The summed E-state index contributed by atoms with van der Waals surface area (Å²) < 4.78 is 52.1. The fourth-order valence-electron chi connectivity index (χ4n) is 3.36. The molecular weight excluding hydrogens is 543 g/mol. The summed E-state index contributed by atoms with van der Waals surface area (Å²) in [4.78, 5) is 0. The van der Waals surface area contributed by atoms with Crippen molar-refractivity contribution in [3.8, 4) is 23.0 Å². The third-order valence-electron chi connectivity index (χ3n) is 5.02. The Labute approximate surface area is 222 Å². The molecule has 0 saturated heterocycles. The van der Waals surface area contributed by atoms with Crippen LogP contribution in [0.15, 0.2) is 135 Å². The average molecular weight is 569 g/mol. The Balaban J connectivity index is 1.78. The fraction of sp³-hybridized carbons (Fsp3) is 0.0769. The first kappa shape index (κ1) is 26.3. The molecule has 196 valence electrons. The van der Waals surface area contributed by atoms with Gasteiger partial charge in [0.25, 0.3) is 0 Å². The lowest BCUT2D eigenvalue weighted by atomic mass is 10.3. The molecule has 0 saturated carbocycles. The van der Waals surface area contributed by atoms with Gasteiger partial charge in [0.05, 0.1) is 0 Å². The van der Waals surface area contributed by atoms with Gasteiger partial charge in [-0.3, -0.25) is 0 Å². The van der Waals surface area contributed by atoms with Crippen LogP contribution in [0.25, 0.3) is 0 Å². The molecule has 4 aromatic carbocycles. The van der Waals surface area contributed by atoms with Crippen LogP contribution in [0.1, 0.15) is 0 Å². The lowest BCUT2D eigenvalue weighted by Gasteiger charge is -2.32. The van der Waals surface area contributed by atoms with E-state index in [4.69, 9.17) is 40.7 Å². The minimum absolute atomic E-state index is 0.494. The maximum absolute atomic E-state index is 6.47. The number of para-hydroxylation sites is 4. The fourth-order valence-corrected chi connectivity index (χ4v) is 12.3. The molecule has 1 aliphatic heterocycles. The average Bonchev–Trinajstić information content (AvgIpc) is 2.95. The monoisotopic (exact) mass is 569 g/mol. The van der Waals surface area contributed by atoms with Gasteiger partial charge in [-0.2, -0.15) is 0 Å². The van der Waals surface area contributed by atoms with Crippen LogP contribution in [-0.4, -0.2) is 14.2 Å². The van der Waals surface area contributed by atoms with E-state index < -0.39 is 23.0 Å². The molecule has 0 amide bonds. The quantitative estimate of drug-likeness (QED) is 0.177. The summed E-state index contributed by atoms with van der Waals surface area (Å²) in [7, 11) is -7.71. The van der Waals surface area contributed by atoms with Crippen LogP contribution >= 0.6 is 23.0 Å². The van der Waals surface area contributed by atoms with E-state index in [0.29, 0.717) is 23.0 Å². The molecule has 9 nitrogen and oxygen atoms in total. The lowest BCUT2D eigenvalue weighted by Crippen LogP contribution is -2.08. The van der Waals surface area contributed by atoms with E-state index in [-0.39, 0.29) is 0 Å². The zero-order valence-corrected chi connectivity index (χ0v) is 23.4. The predicted molar refractivity (Wildman–Crippen MR) is 150 cm³/mol. The molecule has 0 N–H and O–H groups in total. The molecule has 12 heteroatoms. The van der Waals surface area contributed by atoms with Gasteiger partial charge in [0, 0.05) is 14.2 Å². The Kier molecular flexibility index (Phi) is 8.04. The van der Waals surface area contributed by atoms with E-state index in [2.05, 4.69) is 0 Å². The summed E-state index contributed by atoms with van der Waals surface area (Å²) in [6.07, 6.45) is 0. The Morgan fingerprint density at radius 3 is 0.868 bits per heavy atom. The topological polar surface area (TPSA) is 92.5 Å². The second kappa shape index (κ2) is 11.6. The van der Waals surface area contributed by atoms with Gasteiger partial charge >= 0.3 is 23.0 Å². The van der Waals surface area contributed by atoms with Crippen LogP contribution in [0, 0.1) is 0 Å². The van der Waals surface area contributed by atoms with Crippen molar-refractivity contribution in [3.63, 3.8) is 0 Å². The van der Waals surface area contributed by atoms with E-state index in [0.717, 1.165) is 0 Å². The molecule has 0 aromatic heterocycles. The van der Waals surface area contributed by atoms with Crippen molar-refractivity contribution < 1.29 is 27.1 Å². The number of hydrogen-bond donors (Lipinski definition) is 0. The molecule has 4 aromatic rings. The molecule has 0 atom stereocenters. The van der Waals surface area contributed by atoms with Gasteiger partial charge in [0.2, 0.25) is 0 Å². The second-order valence-electron chi connectivity index (χ2n) is 7.72. The van der Waals surface area contributed by atoms with Crippen LogP contribution in [0.5, 0.6) is 23.0 Å². The van der Waals surface area contributed by atoms with Crippen molar-refractivity contribution in [2.24, 2.45) is 13.5 Å². The summed E-state index contributed by atoms with van der Waals surface area (Å²) in [5.41, 5.74) is 0. The maximum atomic E-state index is 6.47. The molecule has 0 radical (unpaired) electrons. The van der Waals surface area contributed by atoms with Gasteiger partial charge in [0.1, 0.15) is 23.0 Å². The first-order valence-electron chi connectivity index (χ1n) is 11.6. The largest absolute Gasteiger partial charge is 0.459 e. The summed E-state index contributed by atoms with van der Waals surface area (Å²) >= 11 is 0. The molecular formula is C26H26N3O6P3. The van der Waals surface area contributed by atoms with Crippen molar-refractivity contribution in [1.29, 1.82) is 0 Å². The standard InChI is InChI=1S/C26H26N3O6P3/c1-30-36(31-2)27-37(32-23-15-7-3-8-16-23,33-24-17-9-4-10-18-24)29-38(28-36,34-25-19-11-5-12-20-25)35-26-21-13-6-14-22-26/h3-22H,1-2H3. The molecule has 0 aliphatic carbocycles. The molecule has 0 bridgehead atoms. The van der Waals surface area contributed by atoms with E-state index >= 15 is 0 Å². The highest BCUT2D eigenvalue weighted by molar-refractivity contribution is 7.78. The van der Waals surface area contributed by atoms with Crippen molar-refractivity contribution in [3.05, 3.63) is 121 Å². The van der Waals surface area contributed by atoms with Gasteiger partial charge in [-0.15, -0.1) is 9.03 Å². The van der Waals surface area contributed by atoms with Crippen LogP contribution in [0.3, 0.4) is 0 Å². The first-order valence-corrected chi connectivity index (χ1v) is 16.2. The minimum Gasteiger partial charge on any atom is -0.413 e. The third-order valence-corrected chi connectivity index (χ3v) is 13.2. The van der Waals surface area contributed by atoms with Gasteiger partial charge in [0.15, 0.2) is 0 Å². The Morgan fingerprint density at radius 1 is 0.368 bits per heavy atom. The SMILES string of the molecule is COP1(OC)=NP(Oc2ccccc2)(Oc2ccccc2)=NP(Oc2ccccc2)(Oc2ccccc2)=N1. The molecule has 1 heterocycles. The van der Waals surface area contributed by atoms with Gasteiger partial charge in [-0.1, -0.05) is 77.3 Å². The summed E-state index contributed by atoms with van der Waals surface area (Å²) in [5.74, 6) is 1.98. The van der Waals surface area contributed by atoms with E-state index in [1.807, 2.05) is 72.8 Å². The van der Waals surface area contributed by atoms with Crippen LogP contribution in [0.4, 0.5) is 0 Å². The lowest BCUT2D eigenvalue weighted by molar-refractivity contribution is 0.327. The zero-order chi connectivity index (χ0) is 26.3. The van der Waals surface area contributed by atoms with Crippen LogP contribution in [-0.2, 0) is 9.05 Å². The highest BCUT2D eigenvalue weighted by Crippen LogP contribution is 2.78. The Morgan fingerprint density at radius 2 is 0.605 bits per heavy atom. The number of rotatable bonds is 10. The minimum atomic E-state index is -3.63. The van der Waals surface area contributed by atoms with Crippen molar-refractivity contribution in [1.82, 2.24) is 0 Å². The molecule has 38 heavy (non-hydrogen) atoms. The smallest absolute Gasteiger partial charge is 0.413 e. The molecule has 0 fully saturated rings. The molecule has 1 aliphatic rings. The van der Waals surface area contributed by atoms with Crippen molar-refractivity contribution in [2.75, 3.05) is 14.2 Å². The molecule has 5 rings (SSSR count). The second-order valence-corrected chi connectivity index (χ2v) is 14.3. The predicted octanol–water partition coefficient (Wildman–Crippen LogP) is 9.45. The molecule has 0 unspecified atom stereocenters. The number of nitrogens with zero attached hydrogens (tertiary/aromatic N) is 3. The summed E-state index contributed by atoms with van der Waals surface area (Å²) in [6, 6.07) is 36.7. The van der Waals surface area contributed by atoms with Crippen molar-refractivity contribution in [2.45, 2.75) is 0 Å². The van der Waals surface area contributed by atoms with Crippen LogP contribution in [0.2, 0.25) is 0 Å². The number of hydrogen-bond acceptors (Lipinski definition) is 9. The highest BCUT2D eigenvalue weighted by Gasteiger charge is 2.46. The third kappa shape index (κ3) is 6.21. The van der Waals surface area contributed by atoms with Gasteiger partial charge < -0.3 is 27.1 Å². The van der Waals surface area contributed by atoms with Gasteiger partial charge in [-0.05, 0) is 48.5 Å². The van der Waals surface area contributed by atoms with E-state index in [9.17, 15) is 0 Å². The first-order chi connectivity index (χ1) is 18.6. The highest BCUT2D eigenvalue weighted by atomic mass is 31.3. The normalized spacial score (nSPS) is 16.6. The maximum Gasteiger partial charge on any atom is 0.459 e. The zero-order valence-electron chi connectivity index (χ0n) is 20.7.